The monoisotopic (exact) mass is 260 g/mol. The summed E-state index contributed by atoms with van der Waals surface area (Å²) in [7, 11) is 0. The minimum absolute atomic E-state index is 0.0683. The zero-order valence-corrected chi connectivity index (χ0v) is 11.2. The summed E-state index contributed by atoms with van der Waals surface area (Å²) in [5.41, 5.74) is 1.33. The fourth-order valence-corrected chi connectivity index (χ4v) is 3.33. The molecule has 2 heterocycles. The molecule has 2 aliphatic heterocycles. The second kappa shape index (κ2) is 4.85. The van der Waals surface area contributed by atoms with Crippen molar-refractivity contribution in [2.75, 3.05) is 13.1 Å². The molecule has 102 valence electrons. The second-order valence-electron chi connectivity index (χ2n) is 5.63. The molecule has 0 aliphatic carbocycles. The summed E-state index contributed by atoms with van der Waals surface area (Å²) in [6.45, 7) is 4.14. The van der Waals surface area contributed by atoms with E-state index in [1.165, 1.54) is 12.8 Å². The Hall–Kier alpha value is -1.55. The Morgan fingerprint density at radius 1 is 1.37 bits per heavy atom. The minimum Gasteiger partial charge on any atom is -0.507 e. The van der Waals surface area contributed by atoms with Gasteiger partial charge in [0.15, 0.2) is 0 Å². The molecule has 19 heavy (non-hydrogen) atoms. The normalized spacial score (nSPS) is 26.4. The van der Waals surface area contributed by atoms with Gasteiger partial charge in [-0.2, -0.15) is 0 Å². The van der Waals surface area contributed by atoms with E-state index in [9.17, 15) is 9.90 Å². The Morgan fingerprint density at radius 2 is 2.21 bits per heavy atom. The molecule has 2 fully saturated rings. The van der Waals surface area contributed by atoms with Gasteiger partial charge in [0, 0.05) is 18.6 Å². The Balaban J connectivity index is 1.71. The fraction of sp³-hybridized carbons (Fsp3) is 0.533. The van der Waals surface area contributed by atoms with E-state index >= 15 is 0 Å². The van der Waals surface area contributed by atoms with Crippen LogP contribution in [0.1, 0.15) is 35.2 Å². The molecule has 4 heteroatoms. The highest BCUT2D eigenvalue weighted by Gasteiger charge is 2.38. The van der Waals surface area contributed by atoms with E-state index in [1.807, 2.05) is 13.0 Å². The van der Waals surface area contributed by atoms with E-state index in [2.05, 4.69) is 10.2 Å². The maximum atomic E-state index is 12.2. The number of carbonyl (C=O) groups excluding carboxylic acids is 1. The number of phenolic OH excluding ortho intramolecular Hbond substituents is 1. The number of rotatable bonds is 2. The van der Waals surface area contributed by atoms with Gasteiger partial charge in [0.05, 0.1) is 5.56 Å². The first-order valence-electron chi connectivity index (χ1n) is 6.99. The zero-order valence-electron chi connectivity index (χ0n) is 11.2. The lowest BCUT2D eigenvalue weighted by atomic mass is 10.1. The number of benzene rings is 1. The molecule has 3 rings (SSSR count). The van der Waals surface area contributed by atoms with Gasteiger partial charge in [-0.15, -0.1) is 0 Å². The molecular formula is C15H20N2O2. The molecule has 1 amide bonds. The average Bonchev–Trinajstić information content (AvgIpc) is 2.94. The molecule has 2 atom stereocenters. The van der Waals surface area contributed by atoms with Crippen molar-refractivity contribution in [3.05, 3.63) is 29.3 Å². The zero-order chi connectivity index (χ0) is 13.4. The number of aromatic hydroxyl groups is 1. The Labute approximate surface area is 113 Å². The van der Waals surface area contributed by atoms with Gasteiger partial charge in [0.2, 0.25) is 0 Å². The number of hydrogen-bond donors (Lipinski definition) is 2. The van der Waals surface area contributed by atoms with Crippen molar-refractivity contribution in [3.63, 3.8) is 0 Å². The van der Waals surface area contributed by atoms with Crippen LogP contribution in [0, 0.1) is 6.92 Å². The standard InChI is InChI=1S/C15H20N2O2/c1-10-4-5-11(14(18)9-10)15(19)16-12-6-8-17-7-2-3-13(12)17/h4-5,9,12-13,18H,2-3,6-8H2,1H3,(H,16,19). The summed E-state index contributed by atoms with van der Waals surface area (Å²) in [4.78, 5) is 14.7. The number of nitrogens with one attached hydrogen (secondary N) is 1. The summed E-state index contributed by atoms with van der Waals surface area (Å²) in [6.07, 6.45) is 3.42. The largest absolute Gasteiger partial charge is 0.507 e. The third kappa shape index (κ3) is 2.32. The van der Waals surface area contributed by atoms with Gasteiger partial charge in [-0.3, -0.25) is 9.69 Å². The molecule has 1 aromatic rings. The quantitative estimate of drug-likeness (QED) is 0.850. The van der Waals surface area contributed by atoms with Crippen LogP contribution >= 0.6 is 0 Å². The van der Waals surface area contributed by atoms with E-state index in [0.29, 0.717) is 11.6 Å². The molecule has 0 spiro atoms. The fourth-order valence-electron chi connectivity index (χ4n) is 3.33. The summed E-state index contributed by atoms with van der Waals surface area (Å²) in [6, 6.07) is 5.91. The molecule has 0 bridgehead atoms. The third-order valence-electron chi connectivity index (χ3n) is 4.32. The van der Waals surface area contributed by atoms with Gasteiger partial charge in [0.1, 0.15) is 5.75 Å². The third-order valence-corrected chi connectivity index (χ3v) is 4.32. The van der Waals surface area contributed by atoms with Gasteiger partial charge in [0.25, 0.3) is 5.91 Å². The van der Waals surface area contributed by atoms with Crippen LogP contribution in [0.15, 0.2) is 18.2 Å². The number of aryl methyl sites for hydroxylation is 1. The van der Waals surface area contributed by atoms with Crippen molar-refractivity contribution in [1.29, 1.82) is 0 Å². The lowest BCUT2D eigenvalue weighted by molar-refractivity contribution is 0.0927. The second-order valence-corrected chi connectivity index (χ2v) is 5.63. The topological polar surface area (TPSA) is 52.6 Å². The highest BCUT2D eigenvalue weighted by atomic mass is 16.3. The van der Waals surface area contributed by atoms with Crippen molar-refractivity contribution in [2.24, 2.45) is 0 Å². The first-order chi connectivity index (χ1) is 9.15. The summed E-state index contributed by atoms with van der Waals surface area (Å²) >= 11 is 0. The predicted molar refractivity (Wildman–Crippen MR) is 73.3 cm³/mol. The summed E-state index contributed by atoms with van der Waals surface area (Å²) in [5, 5.41) is 12.9. The van der Waals surface area contributed by atoms with Crippen molar-refractivity contribution >= 4 is 5.91 Å². The summed E-state index contributed by atoms with van der Waals surface area (Å²) < 4.78 is 0. The van der Waals surface area contributed by atoms with Crippen molar-refractivity contribution in [2.45, 2.75) is 38.3 Å². The first kappa shape index (κ1) is 12.5. The smallest absolute Gasteiger partial charge is 0.255 e. The molecule has 2 saturated heterocycles. The van der Waals surface area contributed by atoms with Gasteiger partial charge >= 0.3 is 0 Å². The summed E-state index contributed by atoms with van der Waals surface area (Å²) in [5.74, 6) is -0.0879. The molecule has 1 aromatic carbocycles. The van der Waals surface area contributed by atoms with Crippen LogP contribution in [0.2, 0.25) is 0 Å². The van der Waals surface area contributed by atoms with Gasteiger partial charge in [-0.25, -0.2) is 0 Å². The lowest BCUT2D eigenvalue weighted by Crippen LogP contribution is -2.42. The van der Waals surface area contributed by atoms with E-state index in [4.69, 9.17) is 0 Å². The molecule has 2 aliphatic rings. The molecule has 0 radical (unpaired) electrons. The van der Waals surface area contributed by atoms with Gasteiger partial charge in [-0.1, -0.05) is 6.07 Å². The van der Waals surface area contributed by atoms with Crippen LogP contribution in [-0.2, 0) is 0 Å². The highest BCUT2D eigenvalue weighted by Crippen LogP contribution is 2.28. The molecule has 0 saturated carbocycles. The molecular weight excluding hydrogens is 240 g/mol. The SMILES string of the molecule is Cc1ccc(C(=O)NC2CCN3CCCC23)c(O)c1. The average molecular weight is 260 g/mol. The van der Waals surface area contributed by atoms with Crippen molar-refractivity contribution in [3.8, 4) is 5.75 Å². The molecule has 4 nitrogen and oxygen atoms in total. The van der Waals surface area contributed by atoms with Crippen LogP contribution in [0.25, 0.3) is 0 Å². The molecule has 2 N–H and O–H groups in total. The Morgan fingerprint density at radius 3 is 3.00 bits per heavy atom. The Kier molecular flexibility index (Phi) is 3.19. The van der Waals surface area contributed by atoms with Crippen LogP contribution < -0.4 is 5.32 Å². The van der Waals surface area contributed by atoms with Crippen LogP contribution in [0.5, 0.6) is 5.75 Å². The highest BCUT2D eigenvalue weighted by molar-refractivity contribution is 5.97. The number of phenols is 1. The number of hydrogen-bond acceptors (Lipinski definition) is 3. The molecule has 2 unspecified atom stereocenters. The number of nitrogens with zero attached hydrogens (tertiary/aromatic N) is 1. The predicted octanol–water partition coefficient (Wildman–Crippen LogP) is 1.67. The maximum Gasteiger partial charge on any atom is 0.255 e. The number of amides is 1. The van der Waals surface area contributed by atoms with E-state index in [0.717, 1.165) is 25.1 Å². The van der Waals surface area contributed by atoms with Crippen molar-refractivity contribution in [1.82, 2.24) is 10.2 Å². The minimum atomic E-state index is -0.156. The lowest BCUT2D eigenvalue weighted by Gasteiger charge is -2.21. The van der Waals surface area contributed by atoms with E-state index < -0.39 is 0 Å². The van der Waals surface area contributed by atoms with Gasteiger partial charge in [-0.05, 0) is 50.4 Å². The van der Waals surface area contributed by atoms with E-state index in [1.54, 1.807) is 12.1 Å². The molecule has 0 aromatic heterocycles. The number of carbonyl (C=O) groups is 1. The van der Waals surface area contributed by atoms with E-state index in [-0.39, 0.29) is 17.7 Å². The maximum absolute atomic E-state index is 12.2. The van der Waals surface area contributed by atoms with Crippen LogP contribution in [0.3, 0.4) is 0 Å². The number of fused-ring (bicyclic) bond motifs is 1. The van der Waals surface area contributed by atoms with Crippen LogP contribution in [0.4, 0.5) is 0 Å². The Bertz CT molecular complexity index is 501. The van der Waals surface area contributed by atoms with Crippen molar-refractivity contribution < 1.29 is 9.90 Å². The van der Waals surface area contributed by atoms with Crippen LogP contribution in [-0.4, -0.2) is 41.1 Å². The van der Waals surface area contributed by atoms with Gasteiger partial charge < -0.3 is 10.4 Å². The first-order valence-corrected chi connectivity index (χ1v) is 6.99.